The number of anilines is 1. The van der Waals surface area contributed by atoms with Crippen LogP contribution in [0.25, 0.3) is 0 Å². The van der Waals surface area contributed by atoms with Crippen molar-refractivity contribution in [3.8, 4) is 0 Å². The van der Waals surface area contributed by atoms with E-state index in [1.807, 2.05) is 50.2 Å². The molecule has 2 atom stereocenters. The van der Waals surface area contributed by atoms with Crippen molar-refractivity contribution in [1.29, 1.82) is 0 Å². The van der Waals surface area contributed by atoms with Crippen LogP contribution in [0.3, 0.4) is 0 Å². The second-order valence-corrected chi connectivity index (χ2v) is 8.96. The number of hydrogen-bond acceptors (Lipinski definition) is 4. The van der Waals surface area contributed by atoms with E-state index in [4.69, 9.17) is 0 Å². The van der Waals surface area contributed by atoms with Gasteiger partial charge < -0.3 is 0 Å². The molecule has 0 spiro atoms. The molecule has 7 nitrogen and oxygen atoms in total. The summed E-state index contributed by atoms with van der Waals surface area (Å²) < 4.78 is 29.6. The molecule has 0 aliphatic carbocycles. The third-order valence-electron chi connectivity index (χ3n) is 4.85. The lowest BCUT2D eigenvalue weighted by molar-refractivity contribution is -0.121. The van der Waals surface area contributed by atoms with Gasteiger partial charge in [-0.1, -0.05) is 37.3 Å². The molecule has 0 bridgehead atoms. The number of carbonyl (C=O) groups excluding carboxylic acids is 1. The molecule has 8 heteroatoms. The van der Waals surface area contributed by atoms with Crippen molar-refractivity contribution in [1.82, 2.24) is 14.5 Å². The quantitative estimate of drug-likeness (QED) is 0.817. The fourth-order valence-corrected chi connectivity index (χ4v) is 5.13. The van der Waals surface area contributed by atoms with Gasteiger partial charge in [0.15, 0.2) is 0 Å². The first-order chi connectivity index (χ1) is 12.8. The zero-order valence-electron chi connectivity index (χ0n) is 15.9. The molecule has 0 unspecified atom stereocenters. The monoisotopic (exact) mass is 390 g/mol. The molecule has 1 amide bonds. The predicted molar refractivity (Wildman–Crippen MR) is 105 cm³/mol. The zero-order valence-corrected chi connectivity index (χ0v) is 16.7. The third kappa shape index (κ3) is 4.56. The van der Waals surface area contributed by atoms with E-state index < -0.39 is 16.1 Å². The molecule has 1 saturated heterocycles. The van der Waals surface area contributed by atoms with Crippen LogP contribution in [0.1, 0.15) is 36.9 Å². The van der Waals surface area contributed by atoms with E-state index in [0.717, 1.165) is 17.7 Å². The Bertz CT molecular complexity index is 908. The van der Waals surface area contributed by atoms with E-state index in [0.29, 0.717) is 18.8 Å². The van der Waals surface area contributed by atoms with Crippen LogP contribution in [0, 0.1) is 6.92 Å². The van der Waals surface area contributed by atoms with Crippen molar-refractivity contribution >= 4 is 21.7 Å². The smallest absolute Gasteiger partial charge is 0.246 e. The minimum absolute atomic E-state index is 0.0500. The minimum atomic E-state index is -3.59. The fraction of sp³-hybridized carbons (Fsp3) is 0.474. The van der Waals surface area contributed by atoms with Crippen molar-refractivity contribution in [2.75, 3.05) is 17.2 Å². The molecule has 1 aliphatic heterocycles. The summed E-state index contributed by atoms with van der Waals surface area (Å²) in [5.41, 5.74) is 1.78. The highest BCUT2D eigenvalue weighted by Gasteiger charge is 2.34. The van der Waals surface area contributed by atoms with Crippen LogP contribution in [-0.2, 0) is 21.9 Å². The number of carbonyl (C=O) groups is 1. The minimum Gasteiger partial charge on any atom is -0.296 e. The Morgan fingerprint density at radius 2 is 2.00 bits per heavy atom. The van der Waals surface area contributed by atoms with Gasteiger partial charge >= 0.3 is 0 Å². The Labute approximate surface area is 160 Å². The summed E-state index contributed by atoms with van der Waals surface area (Å²) in [6, 6.07) is 10.6. The second-order valence-electron chi connectivity index (χ2n) is 7.16. The Balaban J connectivity index is 1.70. The van der Waals surface area contributed by atoms with Crippen LogP contribution in [-0.4, -0.2) is 42.4 Å². The van der Waals surface area contributed by atoms with Crippen LogP contribution >= 0.6 is 0 Å². The van der Waals surface area contributed by atoms with E-state index in [9.17, 15) is 13.2 Å². The molecule has 1 aromatic heterocycles. The average Bonchev–Trinajstić information content (AvgIpc) is 2.95. The van der Waals surface area contributed by atoms with Gasteiger partial charge in [0.05, 0.1) is 11.4 Å². The van der Waals surface area contributed by atoms with Crippen LogP contribution < -0.4 is 9.62 Å². The molecule has 0 radical (unpaired) electrons. The predicted octanol–water partition coefficient (Wildman–Crippen LogP) is 1.95. The number of amides is 1. The summed E-state index contributed by atoms with van der Waals surface area (Å²) in [5.74, 6) is 0.267. The van der Waals surface area contributed by atoms with Crippen LogP contribution in [0.15, 0.2) is 36.4 Å². The van der Waals surface area contributed by atoms with E-state index >= 15 is 0 Å². The van der Waals surface area contributed by atoms with Gasteiger partial charge in [0, 0.05) is 19.7 Å². The highest BCUT2D eigenvalue weighted by molar-refractivity contribution is 7.89. The third-order valence-corrected chi connectivity index (χ3v) is 6.43. The number of piperidine rings is 1. The molecule has 2 aromatic rings. The zero-order chi connectivity index (χ0) is 19.6. The number of sulfonamides is 1. The summed E-state index contributed by atoms with van der Waals surface area (Å²) in [6.07, 6.45) is 1.24. The maximum absolute atomic E-state index is 12.9. The maximum Gasteiger partial charge on any atom is 0.246 e. The number of aryl methyl sites for hydroxylation is 2. The van der Waals surface area contributed by atoms with Gasteiger partial charge in [0.25, 0.3) is 0 Å². The molecule has 1 fully saturated rings. The summed E-state index contributed by atoms with van der Waals surface area (Å²) in [6.45, 7) is 4.31. The molecule has 1 aliphatic rings. The first kappa shape index (κ1) is 19.6. The number of aromatic nitrogens is 2. The largest absolute Gasteiger partial charge is 0.296 e. The van der Waals surface area contributed by atoms with Gasteiger partial charge in [-0.15, -0.1) is 0 Å². The highest BCUT2D eigenvalue weighted by atomic mass is 32.2. The summed E-state index contributed by atoms with van der Waals surface area (Å²) in [4.78, 5) is 14.5. The Hall–Kier alpha value is -2.19. The molecule has 3 rings (SSSR count). The van der Waals surface area contributed by atoms with Crippen molar-refractivity contribution in [3.63, 3.8) is 0 Å². The lowest BCUT2D eigenvalue weighted by Crippen LogP contribution is -2.53. The average molecular weight is 391 g/mol. The van der Waals surface area contributed by atoms with Crippen LogP contribution in [0.2, 0.25) is 0 Å². The number of nitrogens with one attached hydrogen (secondary N) is 1. The number of hydrogen-bond donors (Lipinski definition) is 1. The van der Waals surface area contributed by atoms with E-state index in [2.05, 4.69) is 9.82 Å². The number of rotatable bonds is 6. The normalized spacial score (nSPS) is 19.3. The lowest BCUT2D eigenvalue weighted by atomic mass is 10.0. The van der Waals surface area contributed by atoms with E-state index in [1.165, 1.54) is 0 Å². The highest BCUT2D eigenvalue weighted by Crippen LogP contribution is 2.23. The van der Waals surface area contributed by atoms with Gasteiger partial charge in [-0.2, -0.15) is 5.10 Å². The Morgan fingerprint density at radius 3 is 2.63 bits per heavy atom. The summed E-state index contributed by atoms with van der Waals surface area (Å²) >= 11 is 0. The Kier molecular flexibility index (Phi) is 5.67. The van der Waals surface area contributed by atoms with Crippen molar-refractivity contribution in [2.45, 2.75) is 38.6 Å². The van der Waals surface area contributed by atoms with Gasteiger partial charge in [0.1, 0.15) is 11.9 Å². The van der Waals surface area contributed by atoms with Crippen LogP contribution in [0.4, 0.5) is 5.82 Å². The van der Waals surface area contributed by atoms with E-state index in [-0.39, 0.29) is 17.6 Å². The molecule has 2 heterocycles. The Morgan fingerprint density at radius 1 is 1.30 bits per heavy atom. The van der Waals surface area contributed by atoms with Gasteiger partial charge in [-0.25, -0.2) is 13.1 Å². The fourth-order valence-electron chi connectivity index (χ4n) is 3.53. The molecule has 146 valence electrons. The first-order valence-electron chi connectivity index (χ1n) is 9.14. The summed E-state index contributed by atoms with van der Waals surface area (Å²) in [5, 5.41) is 4.28. The summed E-state index contributed by atoms with van der Waals surface area (Å²) in [7, 11) is -1.81. The standard InChI is InChI=1S/C19H26N4O3S/c1-14(16-8-5-4-6-9-16)13-27(25,26)21-17-10-7-11-23(19(17)24)18-12-15(2)20-22(18)3/h4-6,8-9,12,14,17,21H,7,10-11,13H2,1-3H3/t14-,17+/m1/s1. The molecule has 27 heavy (non-hydrogen) atoms. The van der Waals surface area contributed by atoms with Crippen molar-refractivity contribution in [2.24, 2.45) is 7.05 Å². The first-order valence-corrected chi connectivity index (χ1v) is 10.8. The maximum atomic E-state index is 12.9. The lowest BCUT2D eigenvalue weighted by Gasteiger charge is -2.32. The number of nitrogens with zero attached hydrogens (tertiary/aromatic N) is 3. The topological polar surface area (TPSA) is 84.3 Å². The van der Waals surface area contributed by atoms with Gasteiger partial charge in [-0.05, 0) is 31.2 Å². The van der Waals surface area contributed by atoms with E-state index in [1.54, 1.807) is 16.6 Å². The SMILES string of the molecule is Cc1cc(N2CCC[C@H](NS(=O)(=O)C[C@@H](C)c3ccccc3)C2=O)n(C)n1. The number of benzene rings is 1. The van der Waals surface area contributed by atoms with Crippen LogP contribution in [0.5, 0.6) is 0 Å². The molecule has 0 saturated carbocycles. The molecule has 1 aromatic carbocycles. The van der Waals surface area contributed by atoms with Crippen molar-refractivity contribution < 1.29 is 13.2 Å². The van der Waals surface area contributed by atoms with Crippen molar-refractivity contribution in [3.05, 3.63) is 47.7 Å². The second kappa shape index (κ2) is 7.82. The molecule has 1 N–H and O–H groups in total. The van der Waals surface area contributed by atoms with Gasteiger partial charge in [-0.3, -0.25) is 14.4 Å². The van der Waals surface area contributed by atoms with Gasteiger partial charge in [0.2, 0.25) is 15.9 Å². The molecular formula is C19H26N4O3S. The molecular weight excluding hydrogens is 364 g/mol.